The number of pyridine rings is 1. The van der Waals surface area contributed by atoms with Crippen LogP contribution in [0.2, 0.25) is 0 Å². The molecule has 0 saturated heterocycles. The van der Waals surface area contributed by atoms with Crippen LogP contribution < -0.4 is 14.4 Å². The van der Waals surface area contributed by atoms with Gasteiger partial charge in [-0.25, -0.2) is 4.98 Å². The highest BCUT2D eigenvalue weighted by Crippen LogP contribution is 2.38. The molecule has 0 aliphatic carbocycles. The van der Waals surface area contributed by atoms with Crippen molar-refractivity contribution in [3.8, 4) is 11.5 Å². The van der Waals surface area contributed by atoms with E-state index in [9.17, 15) is 0 Å². The van der Waals surface area contributed by atoms with Crippen LogP contribution in [-0.4, -0.2) is 30.2 Å². The Labute approximate surface area is 126 Å². The molecule has 1 aromatic carbocycles. The number of fused-ring (bicyclic) bond motifs is 2. The lowest BCUT2D eigenvalue weighted by atomic mass is 10.1. The Morgan fingerprint density at radius 3 is 2.80 bits per heavy atom. The van der Waals surface area contributed by atoms with Gasteiger partial charge in [0.2, 0.25) is 6.79 Å². The summed E-state index contributed by atoms with van der Waals surface area (Å²) in [5, 5.41) is 3.18. The lowest BCUT2D eigenvalue weighted by molar-refractivity contribution is 0.174. The van der Waals surface area contributed by atoms with Crippen LogP contribution in [0, 0.1) is 0 Å². The molecule has 0 spiro atoms. The van der Waals surface area contributed by atoms with E-state index >= 15 is 0 Å². The minimum Gasteiger partial charge on any atom is -0.454 e. The number of ether oxygens (including phenoxy) is 2. The first-order valence-corrected chi connectivity index (χ1v) is 7.95. The second-order valence-electron chi connectivity index (χ2n) is 4.74. The SMILES string of the molecule is CCCN(CCBr)c1nccc2cc3c(cc12)OCO3. The lowest BCUT2D eigenvalue weighted by Gasteiger charge is -2.23. The predicted octanol–water partition coefficient (Wildman–Crippen LogP) is 3.57. The van der Waals surface area contributed by atoms with Crippen molar-refractivity contribution >= 4 is 32.5 Å². The Morgan fingerprint density at radius 1 is 1.25 bits per heavy atom. The topological polar surface area (TPSA) is 34.6 Å². The highest BCUT2D eigenvalue weighted by molar-refractivity contribution is 9.09. The number of aromatic nitrogens is 1. The average Bonchev–Trinajstić information content (AvgIpc) is 2.91. The van der Waals surface area contributed by atoms with Gasteiger partial charge in [-0.2, -0.15) is 0 Å². The second-order valence-corrected chi connectivity index (χ2v) is 5.53. The van der Waals surface area contributed by atoms with E-state index in [0.717, 1.165) is 52.9 Å². The highest BCUT2D eigenvalue weighted by Gasteiger charge is 2.17. The van der Waals surface area contributed by atoms with E-state index in [1.54, 1.807) is 0 Å². The van der Waals surface area contributed by atoms with E-state index in [1.165, 1.54) is 0 Å². The Kier molecular flexibility index (Phi) is 3.96. The van der Waals surface area contributed by atoms with Crippen LogP contribution in [-0.2, 0) is 0 Å². The number of alkyl halides is 1. The molecule has 0 saturated carbocycles. The fraction of sp³-hybridized carbons (Fsp3) is 0.400. The summed E-state index contributed by atoms with van der Waals surface area (Å²) in [6.45, 7) is 4.41. The minimum absolute atomic E-state index is 0.300. The molecule has 0 radical (unpaired) electrons. The molecule has 1 aliphatic heterocycles. The van der Waals surface area contributed by atoms with Crippen LogP contribution in [0.25, 0.3) is 10.8 Å². The summed E-state index contributed by atoms with van der Waals surface area (Å²) in [7, 11) is 0. The molecule has 0 amide bonds. The number of rotatable bonds is 5. The van der Waals surface area contributed by atoms with Gasteiger partial charge in [-0.05, 0) is 30.0 Å². The van der Waals surface area contributed by atoms with Gasteiger partial charge in [-0.1, -0.05) is 22.9 Å². The van der Waals surface area contributed by atoms with Crippen LogP contribution in [0.1, 0.15) is 13.3 Å². The zero-order valence-corrected chi connectivity index (χ0v) is 13.0. The lowest BCUT2D eigenvalue weighted by Crippen LogP contribution is -2.27. The monoisotopic (exact) mass is 336 g/mol. The zero-order valence-electron chi connectivity index (χ0n) is 11.4. The second kappa shape index (κ2) is 5.87. The summed E-state index contributed by atoms with van der Waals surface area (Å²) in [4.78, 5) is 6.88. The highest BCUT2D eigenvalue weighted by atomic mass is 79.9. The van der Waals surface area contributed by atoms with Crippen LogP contribution in [0.15, 0.2) is 24.4 Å². The quantitative estimate of drug-likeness (QED) is 0.781. The Hall–Kier alpha value is -1.49. The van der Waals surface area contributed by atoms with Gasteiger partial charge in [-0.3, -0.25) is 0 Å². The van der Waals surface area contributed by atoms with Crippen molar-refractivity contribution in [1.82, 2.24) is 4.98 Å². The summed E-state index contributed by atoms with van der Waals surface area (Å²) in [5.74, 6) is 2.64. The van der Waals surface area contributed by atoms with Crippen molar-refractivity contribution in [3.05, 3.63) is 24.4 Å². The molecular weight excluding hydrogens is 320 g/mol. The third-order valence-electron chi connectivity index (χ3n) is 3.38. The van der Waals surface area contributed by atoms with Crippen LogP contribution in [0.3, 0.4) is 0 Å². The van der Waals surface area contributed by atoms with Crippen molar-refractivity contribution in [2.75, 3.05) is 30.1 Å². The van der Waals surface area contributed by atoms with E-state index in [4.69, 9.17) is 9.47 Å². The van der Waals surface area contributed by atoms with E-state index in [-0.39, 0.29) is 0 Å². The first-order chi connectivity index (χ1) is 9.83. The van der Waals surface area contributed by atoms with Crippen LogP contribution >= 0.6 is 15.9 Å². The molecule has 5 heteroatoms. The summed E-state index contributed by atoms with van der Waals surface area (Å²) < 4.78 is 10.9. The first kappa shape index (κ1) is 13.5. The zero-order chi connectivity index (χ0) is 13.9. The fourth-order valence-electron chi connectivity index (χ4n) is 2.49. The number of halogens is 1. The van der Waals surface area contributed by atoms with E-state index in [2.05, 4.69) is 32.7 Å². The predicted molar refractivity (Wildman–Crippen MR) is 84.2 cm³/mol. The molecule has 0 atom stereocenters. The number of nitrogens with zero attached hydrogens (tertiary/aromatic N) is 2. The smallest absolute Gasteiger partial charge is 0.231 e. The molecule has 2 aromatic rings. The van der Waals surface area contributed by atoms with E-state index in [1.807, 2.05) is 24.4 Å². The largest absolute Gasteiger partial charge is 0.454 e. The fourth-order valence-corrected chi connectivity index (χ4v) is 2.92. The molecule has 1 aliphatic rings. The van der Waals surface area contributed by atoms with Crippen LogP contribution in [0.4, 0.5) is 5.82 Å². The summed E-state index contributed by atoms with van der Waals surface area (Å²) in [6.07, 6.45) is 2.95. The van der Waals surface area contributed by atoms with E-state index in [0.29, 0.717) is 6.79 Å². The average molecular weight is 337 g/mol. The maximum atomic E-state index is 5.48. The third kappa shape index (κ3) is 2.42. The van der Waals surface area contributed by atoms with E-state index < -0.39 is 0 Å². The maximum Gasteiger partial charge on any atom is 0.231 e. The molecule has 106 valence electrons. The number of benzene rings is 1. The van der Waals surface area contributed by atoms with Crippen molar-refractivity contribution < 1.29 is 9.47 Å². The standard InChI is InChI=1S/C15H17BrN2O2/c1-2-6-18(7-4-16)15-12-9-14-13(19-10-20-14)8-11(12)3-5-17-15/h3,5,8-9H,2,4,6-7,10H2,1H3. The Balaban J connectivity index is 2.10. The van der Waals surface area contributed by atoms with Crippen molar-refractivity contribution in [1.29, 1.82) is 0 Å². The molecule has 0 bridgehead atoms. The molecule has 2 heterocycles. The molecule has 1 aromatic heterocycles. The van der Waals surface area contributed by atoms with Gasteiger partial charge in [0.25, 0.3) is 0 Å². The summed E-state index contributed by atoms with van der Waals surface area (Å²) >= 11 is 3.52. The van der Waals surface area contributed by atoms with Gasteiger partial charge in [0, 0.05) is 30.0 Å². The van der Waals surface area contributed by atoms with Crippen molar-refractivity contribution in [2.45, 2.75) is 13.3 Å². The molecule has 3 rings (SSSR count). The van der Waals surface area contributed by atoms with Gasteiger partial charge in [0.05, 0.1) is 0 Å². The van der Waals surface area contributed by atoms with Crippen LogP contribution in [0.5, 0.6) is 11.5 Å². The minimum atomic E-state index is 0.300. The molecule has 0 fully saturated rings. The number of hydrogen-bond donors (Lipinski definition) is 0. The van der Waals surface area contributed by atoms with Gasteiger partial charge >= 0.3 is 0 Å². The van der Waals surface area contributed by atoms with Gasteiger partial charge < -0.3 is 14.4 Å². The third-order valence-corrected chi connectivity index (χ3v) is 3.74. The Morgan fingerprint density at radius 2 is 2.05 bits per heavy atom. The first-order valence-electron chi connectivity index (χ1n) is 6.82. The van der Waals surface area contributed by atoms with Gasteiger partial charge in [0.1, 0.15) is 5.82 Å². The summed E-state index contributed by atoms with van der Waals surface area (Å²) in [5.41, 5.74) is 0. The molecule has 20 heavy (non-hydrogen) atoms. The summed E-state index contributed by atoms with van der Waals surface area (Å²) in [6, 6.07) is 6.08. The maximum absolute atomic E-state index is 5.48. The molecular formula is C15H17BrN2O2. The molecule has 0 N–H and O–H groups in total. The number of hydrogen-bond acceptors (Lipinski definition) is 4. The Bertz CT molecular complexity index is 612. The van der Waals surface area contributed by atoms with Crippen molar-refractivity contribution in [2.24, 2.45) is 0 Å². The van der Waals surface area contributed by atoms with Gasteiger partial charge in [0.15, 0.2) is 11.5 Å². The van der Waals surface area contributed by atoms with Gasteiger partial charge in [-0.15, -0.1) is 0 Å². The molecule has 4 nitrogen and oxygen atoms in total. The van der Waals surface area contributed by atoms with Crippen molar-refractivity contribution in [3.63, 3.8) is 0 Å². The normalized spacial score (nSPS) is 12.9. The number of anilines is 1. The molecule has 0 unspecified atom stereocenters.